The summed E-state index contributed by atoms with van der Waals surface area (Å²) in [5.74, 6) is 0.152. The normalized spacial score (nSPS) is 8.71. The fourth-order valence-corrected chi connectivity index (χ4v) is 1.36. The van der Waals surface area contributed by atoms with Gasteiger partial charge in [-0.05, 0) is 24.3 Å². The summed E-state index contributed by atoms with van der Waals surface area (Å²) in [6.45, 7) is 0. The van der Waals surface area contributed by atoms with Gasteiger partial charge in [0.15, 0.2) is 0 Å². The molecule has 0 aliphatic carbocycles. The third-order valence-corrected chi connectivity index (χ3v) is 2.29. The molecule has 68 valence electrons. The lowest BCUT2D eigenvalue weighted by Gasteiger charge is -1.96. The first-order chi connectivity index (χ1) is 6.77. The second-order valence-electron chi connectivity index (χ2n) is 2.42. The van der Waals surface area contributed by atoms with Crippen LogP contribution in [0.15, 0.2) is 24.3 Å². The van der Waals surface area contributed by atoms with Gasteiger partial charge in [0.2, 0.25) is 5.12 Å². The van der Waals surface area contributed by atoms with Crippen LogP contribution in [0.2, 0.25) is 0 Å². The van der Waals surface area contributed by atoms with Gasteiger partial charge in [0.1, 0.15) is 0 Å². The van der Waals surface area contributed by atoms with Crippen LogP contribution in [-0.2, 0) is 0 Å². The van der Waals surface area contributed by atoms with E-state index in [2.05, 4.69) is 0 Å². The Balaban J connectivity index is 2.74. The van der Waals surface area contributed by atoms with Crippen LogP contribution in [0.5, 0.6) is 0 Å². The molecular formula is C10H6N2OS. The Kier molecular flexibility index (Phi) is 3.72. The number of carbonyl (C=O) groups is 1. The van der Waals surface area contributed by atoms with E-state index in [9.17, 15) is 4.79 Å². The lowest BCUT2D eigenvalue weighted by atomic mass is 10.2. The van der Waals surface area contributed by atoms with Crippen LogP contribution >= 0.6 is 11.8 Å². The molecule has 1 aromatic rings. The van der Waals surface area contributed by atoms with Crippen molar-refractivity contribution in [1.29, 1.82) is 10.5 Å². The summed E-state index contributed by atoms with van der Waals surface area (Å²) in [7, 11) is 0. The van der Waals surface area contributed by atoms with Crippen molar-refractivity contribution in [3.8, 4) is 12.1 Å². The average molecular weight is 202 g/mol. The number of benzene rings is 1. The average Bonchev–Trinajstić information content (AvgIpc) is 2.26. The van der Waals surface area contributed by atoms with E-state index >= 15 is 0 Å². The van der Waals surface area contributed by atoms with E-state index in [0.717, 1.165) is 11.8 Å². The summed E-state index contributed by atoms with van der Waals surface area (Å²) in [6, 6.07) is 10.2. The van der Waals surface area contributed by atoms with E-state index in [1.807, 2.05) is 12.1 Å². The lowest BCUT2D eigenvalue weighted by Crippen LogP contribution is -1.93. The summed E-state index contributed by atoms with van der Waals surface area (Å²) in [6.07, 6.45) is 0. The Bertz CT molecular complexity index is 411. The Labute approximate surface area is 86.0 Å². The van der Waals surface area contributed by atoms with Crippen molar-refractivity contribution in [3.05, 3.63) is 35.4 Å². The molecule has 0 saturated heterocycles. The summed E-state index contributed by atoms with van der Waals surface area (Å²) >= 11 is 0.960. The van der Waals surface area contributed by atoms with Gasteiger partial charge in [0, 0.05) is 5.56 Å². The number of hydrogen-bond acceptors (Lipinski definition) is 4. The van der Waals surface area contributed by atoms with Gasteiger partial charge in [-0.3, -0.25) is 4.79 Å². The van der Waals surface area contributed by atoms with Crippen molar-refractivity contribution in [3.63, 3.8) is 0 Å². The third kappa shape index (κ3) is 2.62. The predicted molar refractivity (Wildman–Crippen MR) is 53.6 cm³/mol. The Morgan fingerprint density at radius 2 is 1.93 bits per heavy atom. The highest BCUT2D eigenvalue weighted by Crippen LogP contribution is 2.12. The van der Waals surface area contributed by atoms with Crippen LogP contribution in [-0.4, -0.2) is 10.9 Å². The minimum atomic E-state index is -0.143. The van der Waals surface area contributed by atoms with Gasteiger partial charge >= 0.3 is 0 Å². The van der Waals surface area contributed by atoms with Crippen molar-refractivity contribution in [1.82, 2.24) is 0 Å². The second kappa shape index (κ2) is 5.06. The standard InChI is InChI=1S/C10H6N2OS/c11-5-6-14-10(13)9-3-1-8(7-12)2-4-9/h1-4H,6H2. The molecule has 0 bridgehead atoms. The van der Waals surface area contributed by atoms with E-state index in [1.54, 1.807) is 24.3 Å². The highest BCUT2D eigenvalue weighted by molar-refractivity contribution is 8.14. The molecule has 0 atom stereocenters. The van der Waals surface area contributed by atoms with Crippen LogP contribution in [0.1, 0.15) is 15.9 Å². The summed E-state index contributed by atoms with van der Waals surface area (Å²) in [5.41, 5.74) is 1.04. The zero-order valence-electron chi connectivity index (χ0n) is 7.23. The Morgan fingerprint density at radius 1 is 1.29 bits per heavy atom. The molecule has 0 unspecified atom stereocenters. The van der Waals surface area contributed by atoms with Gasteiger partial charge in [0.25, 0.3) is 0 Å². The second-order valence-corrected chi connectivity index (χ2v) is 3.37. The quantitative estimate of drug-likeness (QED) is 0.735. The van der Waals surface area contributed by atoms with Crippen LogP contribution in [0.4, 0.5) is 0 Å². The monoisotopic (exact) mass is 202 g/mol. The van der Waals surface area contributed by atoms with Crippen molar-refractivity contribution < 1.29 is 4.79 Å². The van der Waals surface area contributed by atoms with E-state index < -0.39 is 0 Å². The van der Waals surface area contributed by atoms with Gasteiger partial charge in [-0.2, -0.15) is 10.5 Å². The van der Waals surface area contributed by atoms with Crippen LogP contribution in [0, 0.1) is 22.7 Å². The SMILES string of the molecule is N#CCSC(=O)c1ccc(C#N)cc1. The lowest BCUT2D eigenvalue weighted by molar-refractivity contribution is 0.108. The molecule has 0 amide bonds. The minimum absolute atomic E-state index is 0.143. The molecule has 4 heteroatoms. The molecule has 0 N–H and O–H groups in total. The number of hydrogen-bond donors (Lipinski definition) is 0. The largest absolute Gasteiger partial charge is 0.282 e. The summed E-state index contributed by atoms with van der Waals surface area (Å²) in [4.78, 5) is 11.3. The maximum atomic E-state index is 11.3. The number of nitriles is 2. The molecule has 3 nitrogen and oxygen atoms in total. The molecular weight excluding hydrogens is 196 g/mol. The maximum absolute atomic E-state index is 11.3. The van der Waals surface area contributed by atoms with Crippen LogP contribution in [0.3, 0.4) is 0 Å². The molecule has 0 aromatic heterocycles. The highest BCUT2D eigenvalue weighted by atomic mass is 32.2. The zero-order valence-corrected chi connectivity index (χ0v) is 8.04. The molecule has 0 heterocycles. The molecule has 1 aromatic carbocycles. The van der Waals surface area contributed by atoms with Gasteiger partial charge in [-0.25, -0.2) is 0 Å². The first-order valence-corrected chi connectivity index (χ1v) is 4.80. The van der Waals surface area contributed by atoms with Crippen molar-refractivity contribution >= 4 is 16.9 Å². The van der Waals surface area contributed by atoms with Gasteiger partial charge in [0.05, 0.1) is 23.5 Å². The van der Waals surface area contributed by atoms with Crippen molar-refractivity contribution in [2.45, 2.75) is 0 Å². The summed E-state index contributed by atoms with van der Waals surface area (Å²) in [5, 5.41) is 16.7. The maximum Gasteiger partial charge on any atom is 0.220 e. The number of rotatable bonds is 2. The van der Waals surface area contributed by atoms with Gasteiger partial charge < -0.3 is 0 Å². The van der Waals surface area contributed by atoms with Gasteiger partial charge in [-0.1, -0.05) is 11.8 Å². The summed E-state index contributed by atoms with van der Waals surface area (Å²) < 4.78 is 0. The van der Waals surface area contributed by atoms with E-state index in [-0.39, 0.29) is 10.9 Å². The molecule has 0 aliphatic heterocycles. The molecule has 0 saturated carbocycles. The highest BCUT2D eigenvalue weighted by Gasteiger charge is 2.05. The fourth-order valence-electron chi connectivity index (χ4n) is 0.862. The molecule has 1 rings (SSSR count). The fraction of sp³-hybridized carbons (Fsp3) is 0.100. The van der Waals surface area contributed by atoms with E-state index in [4.69, 9.17) is 10.5 Å². The topological polar surface area (TPSA) is 64.7 Å². The van der Waals surface area contributed by atoms with Crippen molar-refractivity contribution in [2.24, 2.45) is 0 Å². The predicted octanol–water partition coefficient (Wildman–Crippen LogP) is 1.96. The number of carbonyl (C=O) groups excluding carboxylic acids is 1. The molecule has 0 aliphatic rings. The number of thioether (sulfide) groups is 1. The minimum Gasteiger partial charge on any atom is -0.282 e. The van der Waals surface area contributed by atoms with Gasteiger partial charge in [-0.15, -0.1) is 0 Å². The Morgan fingerprint density at radius 3 is 2.43 bits per heavy atom. The van der Waals surface area contributed by atoms with Crippen LogP contribution in [0.25, 0.3) is 0 Å². The molecule has 0 fully saturated rings. The molecule has 14 heavy (non-hydrogen) atoms. The van der Waals surface area contributed by atoms with E-state index in [0.29, 0.717) is 11.1 Å². The first kappa shape index (κ1) is 10.3. The Hall–Kier alpha value is -1.78. The first-order valence-electron chi connectivity index (χ1n) is 3.82. The molecule has 0 spiro atoms. The van der Waals surface area contributed by atoms with E-state index in [1.165, 1.54) is 0 Å². The third-order valence-electron chi connectivity index (χ3n) is 1.52. The van der Waals surface area contributed by atoms with Crippen molar-refractivity contribution in [2.75, 3.05) is 5.75 Å². The molecule has 0 radical (unpaired) electrons. The number of nitrogens with zero attached hydrogens (tertiary/aromatic N) is 2. The smallest absolute Gasteiger partial charge is 0.220 e. The zero-order chi connectivity index (χ0) is 10.4. The van der Waals surface area contributed by atoms with Crippen LogP contribution < -0.4 is 0 Å².